The Morgan fingerprint density at radius 2 is 1.86 bits per heavy atom. The number of hydrogen-bond donors (Lipinski definition) is 0. The summed E-state index contributed by atoms with van der Waals surface area (Å²) in [5.41, 5.74) is 2.96. The molecule has 150 valence electrons. The summed E-state index contributed by atoms with van der Waals surface area (Å²) in [6.45, 7) is 0. The van der Waals surface area contributed by atoms with Crippen molar-refractivity contribution in [3.8, 4) is 11.5 Å². The van der Waals surface area contributed by atoms with E-state index in [0.29, 0.717) is 40.6 Å². The Hall–Kier alpha value is -2.79. The number of halogens is 1. The minimum atomic E-state index is -0.356. The van der Waals surface area contributed by atoms with E-state index in [1.54, 1.807) is 31.3 Å². The van der Waals surface area contributed by atoms with Gasteiger partial charge in [-0.1, -0.05) is 17.7 Å². The van der Waals surface area contributed by atoms with Crippen LogP contribution in [0.1, 0.15) is 37.2 Å². The molecule has 29 heavy (non-hydrogen) atoms. The minimum absolute atomic E-state index is 0.0596. The smallest absolute Gasteiger partial charge is 0.232 e. The lowest BCUT2D eigenvalue weighted by Crippen LogP contribution is -2.40. The van der Waals surface area contributed by atoms with Gasteiger partial charge in [-0.05, 0) is 49.2 Å². The highest BCUT2D eigenvalue weighted by Crippen LogP contribution is 2.46. The summed E-state index contributed by atoms with van der Waals surface area (Å²) >= 11 is 6.16. The van der Waals surface area contributed by atoms with Gasteiger partial charge in [-0.3, -0.25) is 14.5 Å². The summed E-state index contributed by atoms with van der Waals surface area (Å²) in [4.78, 5) is 28.0. The van der Waals surface area contributed by atoms with E-state index in [0.717, 1.165) is 17.7 Å². The van der Waals surface area contributed by atoms with Gasteiger partial charge in [0.15, 0.2) is 5.78 Å². The number of allylic oxidation sites excluding steroid dienone is 2. The Balaban J connectivity index is 1.89. The molecule has 0 unspecified atom stereocenters. The van der Waals surface area contributed by atoms with E-state index in [-0.39, 0.29) is 24.0 Å². The number of anilines is 1. The van der Waals surface area contributed by atoms with Crippen LogP contribution in [0.25, 0.3) is 0 Å². The van der Waals surface area contributed by atoms with Crippen LogP contribution in [0.4, 0.5) is 5.69 Å². The largest absolute Gasteiger partial charge is 0.497 e. The zero-order chi connectivity index (χ0) is 20.5. The van der Waals surface area contributed by atoms with Crippen molar-refractivity contribution in [2.24, 2.45) is 0 Å². The van der Waals surface area contributed by atoms with E-state index in [4.69, 9.17) is 21.1 Å². The Morgan fingerprint density at radius 3 is 2.59 bits per heavy atom. The molecule has 4 rings (SSSR count). The van der Waals surface area contributed by atoms with Crippen molar-refractivity contribution in [3.63, 3.8) is 0 Å². The number of ether oxygens (including phenoxy) is 2. The Labute approximate surface area is 174 Å². The van der Waals surface area contributed by atoms with Gasteiger partial charge in [0.25, 0.3) is 0 Å². The average Bonchev–Trinajstić information content (AvgIpc) is 2.72. The molecule has 0 N–H and O–H groups in total. The molecule has 1 amide bonds. The molecule has 0 radical (unpaired) electrons. The number of nitrogens with zero attached hydrogens (tertiary/aromatic N) is 1. The average molecular weight is 412 g/mol. The van der Waals surface area contributed by atoms with Crippen LogP contribution in [0.2, 0.25) is 5.02 Å². The van der Waals surface area contributed by atoms with Gasteiger partial charge < -0.3 is 9.47 Å². The maximum absolute atomic E-state index is 13.3. The fourth-order valence-corrected chi connectivity index (χ4v) is 4.47. The maximum Gasteiger partial charge on any atom is 0.232 e. The van der Waals surface area contributed by atoms with Crippen molar-refractivity contribution in [2.75, 3.05) is 19.1 Å². The summed E-state index contributed by atoms with van der Waals surface area (Å²) in [5, 5.41) is 0.552. The molecule has 1 aliphatic heterocycles. The van der Waals surface area contributed by atoms with Crippen molar-refractivity contribution in [2.45, 2.75) is 31.6 Å². The Morgan fingerprint density at radius 1 is 1.03 bits per heavy atom. The van der Waals surface area contributed by atoms with Gasteiger partial charge in [-0.2, -0.15) is 0 Å². The molecular weight excluding hydrogens is 390 g/mol. The molecule has 1 heterocycles. The molecule has 0 spiro atoms. The van der Waals surface area contributed by atoms with E-state index in [2.05, 4.69) is 0 Å². The summed E-state index contributed by atoms with van der Waals surface area (Å²) in [6.07, 6.45) is 2.06. The first-order valence-corrected chi connectivity index (χ1v) is 9.98. The van der Waals surface area contributed by atoms with Crippen LogP contribution in [-0.2, 0) is 9.59 Å². The van der Waals surface area contributed by atoms with E-state index < -0.39 is 0 Å². The monoisotopic (exact) mass is 411 g/mol. The molecule has 1 aliphatic carbocycles. The lowest BCUT2D eigenvalue weighted by atomic mass is 9.76. The summed E-state index contributed by atoms with van der Waals surface area (Å²) < 4.78 is 10.9. The van der Waals surface area contributed by atoms with E-state index in [1.165, 1.54) is 0 Å². The number of hydrogen-bond acceptors (Lipinski definition) is 4. The van der Waals surface area contributed by atoms with Gasteiger partial charge in [-0.25, -0.2) is 0 Å². The molecule has 5 nitrogen and oxygen atoms in total. The number of carbonyl (C=O) groups is 2. The Kier molecular flexibility index (Phi) is 5.33. The van der Waals surface area contributed by atoms with E-state index in [1.807, 2.05) is 30.3 Å². The first-order chi connectivity index (χ1) is 14.0. The second kappa shape index (κ2) is 7.91. The van der Waals surface area contributed by atoms with Crippen LogP contribution in [0.15, 0.2) is 53.7 Å². The molecule has 2 aliphatic rings. The van der Waals surface area contributed by atoms with Crippen molar-refractivity contribution in [3.05, 3.63) is 64.3 Å². The number of benzene rings is 2. The molecule has 2 aromatic carbocycles. The lowest BCUT2D eigenvalue weighted by molar-refractivity contribution is -0.119. The number of methoxy groups -OCH3 is 2. The quantitative estimate of drug-likeness (QED) is 0.719. The highest BCUT2D eigenvalue weighted by Gasteiger charge is 2.40. The number of amides is 1. The lowest BCUT2D eigenvalue weighted by Gasteiger charge is -2.38. The van der Waals surface area contributed by atoms with Crippen LogP contribution in [0, 0.1) is 0 Å². The molecule has 1 atom stereocenters. The molecule has 6 heteroatoms. The highest BCUT2D eigenvalue weighted by molar-refractivity contribution is 6.31. The van der Waals surface area contributed by atoms with Crippen molar-refractivity contribution < 1.29 is 19.1 Å². The number of Topliss-reactive ketones (excluding diaryl/α,β-unsaturated/α-hetero) is 1. The number of rotatable bonds is 4. The fraction of sp³-hybridized carbons (Fsp3) is 0.304. The number of carbonyl (C=O) groups excluding carboxylic acids is 2. The molecule has 0 bridgehead atoms. The fourth-order valence-electron chi connectivity index (χ4n) is 4.29. The third kappa shape index (κ3) is 3.51. The van der Waals surface area contributed by atoms with Gasteiger partial charge in [0, 0.05) is 40.6 Å². The first kappa shape index (κ1) is 19.5. The maximum atomic E-state index is 13.3. The standard InChI is InChI=1S/C23H22ClNO4/c1-28-16-9-10-21(29-2)17(12-16)18-13-22(27)25(15-6-3-5-14(24)11-15)19-7-4-8-20(26)23(18)19/h3,5-6,9-12,18H,4,7-8,13H2,1-2H3/t18-/m1/s1. The van der Waals surface area contributed by atoms with Crippen LogP contribution in [0.3, 0.4) is 0 Å². The van der Waals surface area contributed by atoms with Crippen molar-refractivity contribution in [1.29, 1.82) is 0 Å². The third-order valence-corrected chi connectivity index (χ3v) is 5.79. The first-order valence-electron chi connectivity index (χ1n) is 9.60. The number of ketones is 1. The van der Waals surface area contributed by atoms with Gasteiger partial charge in [-0.15, -0.1) is 0 Å². The molecule has 0 aromatic heterocycles. The van der Waals surface area contributed by atoms with Crippen LogP contribution in [-0.4, -0.2) is 25.9 Å². The second-order valence-electron chi connectivity index (χ2n) is 7.21. The van der Waals surface area contributed by atoms with E-state index in [9.17, 15) is 9.59 Å². The molecule has 0 fully saturated rings. The summed E-state index contributed by atoms with van der Waals surface area (Å²) in [5.74, 6) is 0.975. The molecule has 2 aromatic rings. The predicted molar refractivity (Wildman–Crippen MR) is 112 cm³/mol. The van der Waals surface area contributed by atoms with Gasteiger partial charge >= 0.3 is 0 Å². The summed E-state index contributed by atoms with van der Waals surface area (Å²) in [7, 11) is 3.18. The van der Waals surface area contributed by atoms with Crippen LogP contribution < -0.4 is 14.4 Å². The van der Waals surface area contributed by atoms with Gasteiger partial charge in [0.05, 0.1) is 19.9 Å². The van der Waals surface area contributed by atoms with Gasteiger partial charge in [0.1, 0.15) is 11.5 Å². The second-order valence-corrected chi connectivity index (χ2v) is 7.65. The minimum Gasteiger partial charge on any atom is -0.497 e. The zero-order valence-electron chi connectivity index (χ0n) is 16.4. The SMILES string of the molecule is COc1ccc(OC)c([C@H]2CC(=O)N(c3cccc(Cl)c3)C3=C2C(=O)CCC3)c1. The normalized spacial score (nSPS) is 19.3. The van der Waals surface area contributed by atoms with Crippen molar-refractivity contribution >= 4 is 29.0 Å². The molecule has 0 saturated heterocycles. The third-order valence-electron chi connectivity index (χ3n) is 5.55. The molecular formula is C23H22ClNO4. The Bertz CT molecular complexity index is 1010. The predicted octanol–water partition coefficient (Wildman–Crippen LogP) is 4.88. The topological polar surface area (TPSA) is 55.8 Å². The highest BCUT2D eigenvalue weighted by atomic mass is 35.5. The molecule has 0 saturated carbocycles. The van der Waals surface area contributed by atoms with E-state index >= 15 is 0 Å². The summed E-state index contributed by atoms with van der Waals surface area (Å²) in [6, 6.07) is 12.7. The van der Waals surface area contributed by atoms with Crippen molar-refractivity contribution in [1.82, 2.24) is 0 Å². The zero-order valence-corrected chi connectivity index (χ0v) is 17.2. The van der Waals surface area contributed by atoms with Gasteiger partial charge in [0.2, 0.25) is 5.91 Å². The van der Waals surface area contributed by atoms with Crippen LogP contribution in [0.5, 0.6) is 11.5 Å². The van der Waals surface area contributed by atoms with Crippen LogP contribution >= 0.6 is 11.6 Å².